The molecule has 1 heterocycles. The van der Waals surface area contributed by atoms with E-state index >= 15 is 0 Å². The molecule has 1 atom stereocenters. The van der Waals surface area contributed by atoms with Gasteiger partial charge < -0.3 is 9.64 Å². The van der Waals surface area contributed by atoms with Crippen LogP contribution in [-0.4, -0.2) is 61.5 Å². The number of likely N-dealkylation sites (N-methyl/N-ethyl adjacent to an activating group) is 2. The molecule has 2 fully saturated rings. The largest absolute Gasteiger partial charge is 0.490 e. The number of rotatable bonds is 4. The third kappa shape index (κ3) is 3.63. The van der Waals surface area contributed by atoms with Gasteiger partial charge in [-0.3, -0.25) is 9.69 Å². The minimum Gasteiger partial charge on any atom is -0.490 e. The fourth-order valence-electron chi connectivity index (χ4n) is 2.85. The second-order valence-corrected chi connectivity index (χ2v) is 6.32. The van der Waals surface area contributed by atoms with Gasteiger partial charge in [0.2, 0.25) is 0 Å². The van der Waals surface area contributed by atoms with E-state index in [1.54, 1.807) is 0 Å². The zero-order chi connectivity index (χ0) is 14.8. The molecule has 0 aromatic heterocycles. The highest BCUT2D eigenvalue weighted by molar-refractivity contribution is 6.00. The van der Waals surface area contributed by atoms with Crippen molar-refractivity contribution < 1.29 is 9.53 Å². The van der Waals surface area contributed by atoms with Gasteiger partial charge in [0.05, 0.1) is 12.1 Å². The first-order valence-corrected chi connectivity index (χ1v) is 7.83. The molecule has 1 unspecified atom stereocenters. The summed E-state index contributed by atoms with van der Waals surface area (Å²) in [7, 11) is 4.14. The van der Waals surface area contributed by atoms with E-state index in [4.69, 9.17) is 4.74 Å². The van der Waals surface area contributed by atoms with Gasteiger partial charge in [-0.1, -0.05) is 12.1 Å². The predicted molar refractivity (Wildman–Crippen MR) is 83.0 cm³/mol. The third-order valence-electron chi connectivity index (χ3n) is 4.32. The van der Waals surface area contributed by atoms with Crippen LogP contribution in [0, 0.1) is 0 Å². The Balaban J connectivity index is 1.76. The lowest BCUT2D eigenvalue weighted by Crippen LogP contribution is -2.43. The Morgan fingerprint density at radius 1 is 1.24 bits per heavy atom. The van der Waals surface area contributed by atoms with E-state index in [2.05, 4.69) is 16.8 Å². The van der Waals surface area contributed by atoms with Crippen LogP contribution in [0.1, 0.15) is 29.6 Å². The summed E-state index contributed by atoms with van der Waals surface area (Å²) >= 11 is 0. The normalized spacial score (nSPS) is 24.6. The second-order valence-electron chi connectivity index (χ2n) is 6.32. The van der Waals surface area contributed by atoms with Crippen molar-refractivity contribution >= 4 is 5.78 Å². The summed E-state index contributed by atoms with van der Waals surface area (Å²) in [5.74, 6) is 1.03. The Labute approximate surface area is 126 Å². The van der Waals surface area contributed by atoms with Crippen molar-refractivity contribution in [3.8, 4) is 5.75 Å². The maximum Gasteiger partial charge on any atom is 0.181 e. The van der Waals surface area contributed by atoms with Gasteiger partial charge in [-0.15, -0.1) is 0 Å². The Bertz CT molecular complexity index is 513. The average molecular weight is 288 g/mol. The Kier molecular flexibility index (Phi) is 4.27. The molecule has 1 saturated heterocycles. The zero-order valence-corrected chi connectivity index (χ0v) is 12.9. The van der Waals surface area contributed by atoms with Gasteiger partial charge in [-0.25, -0.2) is 0 Å². The van der Waals surface area contributed by atoms with Crippen LogP contribution in [-0.2, 0) is 0 Å². The van der Waals surface area contributed by atoms with Crippen LogP contribution in [0.3, 0.4) is 0 Å². The summed E-state index contributed by atoms with van der Waals surface area (Å²) in [6, 6.07) is 7.61. The quantitative estimate of drug-likeness (QED) is 0.794. The fraction of sp³-hybridized carbons (Fsp3) is 0.588. The fourth-order valence-corrected chi connectivity index (χ4v) is 2.85. The highest BCUT2D eigenvalue weighted by Gasteiger charge is 2.28. The average Bonchev–Trinajstić information content (AvgIpc) is 3.28. The van der Waals surface area contributed by atoms with Crippen molar-refractivity contribution in [2.24, 2.45) is 0 Å². The Morgan fingerprint density at radius 2 is 2.05 bits per heavy atom. The molecular weight excluding hydrogens is 264 g/mol. The molecule has 1 aliphatic heterocycles. The third-order valence-corrected chi connectivity index (χ3v) is 4.32. The molecule has 0 bridgehead atoms. The highest BCUT2D eigenvalue weighted by Crippen LogP contribution is 2.27. The maximum absolute atomic E-state index is 12.8. The molecule has 0 radical (unpaired) electrons. The van der Waals surface area contributed by atoms with Crippen molar-refractivity contribution in [1.82, 2.24) is 9.80 Å². The van der Waals surface area contributed by atoms with Crippen LogP contribution < -0.4 is 4.74 Å². The van der Waals surface area contributed by atoms with E-state index in [1.165, 1.54) is 0 Å². The number of Topliss-reactive ketones (excluding diaryl/α,β-unsaturated/α-hetero) is 1. The van der Waals surface area contributed by atoms with Crippen LogP contribution in [0.5, 0.6) is 5.75 Å². The SMILES string of the molecule is CN1CCCN(C)C(C(=O)c2cccc(OC3CC3)c2)C1. The van der Waals surface area contributed by atoms with Gasteiger partial charge in [0.15, 0.2) is 5.78 Å². The molecule has 2 aliphatic rings. The van der Waals surface area contributed by atoms with Crippen LogP contribution in [0.15, 0.2) is 24.3 Å². The molecule has 1 aromatic carbocycles. The molecule has 0 amide bonds. The molecule has 4 nitrogen and oxygen atoms in total. The molecule has 0 N–H and O–H groups in total. The van der Waals surface area contributed by atoms with Crippen molar-refractivity contribution in [1.29, 1.82) is 0 Å². The number of ether oxygens (including phenoxy) is 1. The van der Waals surface area contributed by atoms with Gasteiger partial charge in [-0.05, 0) is 58.6 Å². The summed E-state index contributed by atoms with van der Waals surface area (Å²) in [5.41, 5.74) is 0.764. The van der Waals surface area contributed by atoms with E-state index in [1.807, 2.05) is 31.3 Å². The molecule has 1 saturated carbocycles. The van der Waals surface area contributed by atoms with E-state index in [-0.39, 0.29) is 11.8 Å². The van der Waals surface area contributed by atoms with E-state index in [0.29, 0.717) is 6.10 Å². The first-order chi connectivity index (χ1) is 10.1. The number of hydrogen-bond acceptors (Lipinski definition) is 4. The van der Waals surface area contributed by atoms with E-state index in [9.17, 15) is 4.79 Å². The van der Waals surface area contributed by atoms with Crippen molar-refractivity contribution in [2.45, 2.75) is 31.4 Å². The standard InChI is InChI=1S/C17H24N2O2/c1-18-9-4-10-19(2)16(12-18)17(20)13-5-3-6-15(11-13)21-14-7-8-14/h3,5-6,11,14,16H,4,7-10,12H2,1-2H3. The van der Waals surface area contributed by atoms with Crippen molar-refractivity contribution in [3.63, 3.8) is 0 Å². The highest BCUT2D eigenvalue weighted by atomic mass is 16.5. The van der Waals surface area contributed by atoms with Crippen LogP contribution in [0.4, 0.5) is 0 Å². The smallest absolute Gasteiger partial charge is 0.181 e. The van der Waals surface area contributed by atoms with Gasteiger partial charge in [0, 0.05) is 12.1 Å². The zero-order valence-electron chi connectivity index (χ0n) is 12.9. The molecule has 114 valence electrons. The van der Waals surface area contributed by atoms with Crippen LogP contribution in [0.25, 0.3) is 0 Å². The number of carbonyl (C=O) groups is 1. The monoisotopic (exact) mass is 288 g/mol. The Hall–Kier alpha value is -1.39. The lowest BCUT2D eigenvalue weighted by atomic mass is 10.0. The molecule has 0 spiro atoms. The van der Waals surface area contributed by atoms with Crippen molar-refractivity contribution in [2.75, 3.05) is 33.7 Å². The van der Waals surface area contributed by atoms with Gasteiger partial charge >= 0.3 is 0 Å². The summed E-state index contributed by atoms with van der Waals surface area (Å²) in [5, 5.41) is 0. The van der Waals surface area contributed by atoms with Gasteiger partial charge in [0.25, 0.3) is 0 Å². The summed E-state index contributed by atoms with van der Waals surface area (Å²) in [6.45, 7) is 2.82. The minimum absolute atomic E-state index is 0.0614. The van der Waals surface area contributed by atoms with Crippen LogP contribution >= 0.6 is 0 Å². The first-order valence-electron chi connectivity index (χ1n) is 7.83. The lowest BCUT2D eigenvalue weighted by molar-refractivity contribution is 0.0839. The Morgan fingerprint density at radius 3 is 2.81 bits per heavy atom. The number of ketones is 1. The van der Waals surface area contributed by atoms with E-state index in [0.717, 1.165) is 50.2 Å². The number of hydrogen-bond donors (Lipinski definition) is 0. The summed E-state index contributed by atoms with van der Waals surface area (Å²) < 4.78 is 5.80. The molecule has 21 heavy (non-hydrogen) atoms. The minimum atomic E-state index is -0.0614. The van der Waals surface area contributed by atoms with Gasteiger partial charge in [0.1, 0.15) is 5.75 Å². The van der Waals surface area contributed by atoms with Crippen LogP contribution in [0.2, 0.25) is 0 Å². The summed E-state index contributed by atoms with van der Waals surface area (Å²) in [6.07, 6.45) is 3.74. The summed E-state index contributed by atoms with van der Waals surface area (Å²) in [4.78, 5) is 17.3. The first kappa shape index (κ1) is 14.5. The maximum atomic E-state index is 12.8. The molecule has 3 rings (SSSR count). The van der Waals surface area contributed by atoms with E-state index < -0.39 is 0 Å². The lowest BCUT2D eigenvalue weighted by Gasteiger charge is -2.26. The molecular formula is C17H24N2O2. The van der Waals surface area contributed by atoms with Gasteiger partial charge in [-0.2, -0.15) is 0 Å². The molecule has 4 heteroatoms. The molecule has 1 aliphatic carbocycles. The number of nitrogens with zero attached hydrogens (tertiary/aromatic N) is 2. The predicted octanol–water partition coefficient (Wildman–Crippen LogP) is 2.05. The number of benzene rings is 1. The topological polar surface area (TPSA) is 32.8 Å². The van der Waals surface area contributed by atoms with Crippen molar-refractivity contribution in [3.05, 3.63) is 29.8 Å². The molecule has 1 aromatic rings. The number of carbonyl (C=O) groups excluding carboxylic acids is 1. The second kappa shape index (κ2) is 6.16.